The Morgan fingerprint density at radius 1 is 1.24 bits per heavy atom. The van der Waals surface area contributed by atoms with Gasteiger partial charge in [0, 0.05) is 23.6 Å². The van der Waals surface area contributed by atoms with E-state index in [0.717, 1.165) is 0 Å². The predicted molar refractivity (Wildman–Crippen MR) is 89.6 cm³/mol. The lowest BCUT2D eigenvalue weighted by Crippen LogP contribution is -2.12. The minimum atomic E-state index is -2.95. The predicted octanol–water partition coefficient (Wildman–Crippen LogP) is 4.38. The summed E-state index contributed by atoms with van der Waals surface area (Å²) < 4.78 is 30.5. The third kappa shape index (κ3) is 4.13. The van der Waals surface area contributed by atoms with Crippen molar-refractivity contribution < 1.29 is 18.3 Å². The number of nitrogens with zero attached hydrogens (tertiary/aromatic N) is 2. The van der Waals surface area contributed by atoms with Crippen molar-refractivity contribution in [3.63, 3.8) is 0 Å². The van der Waals surface area contributed by atoms with Gasteiger partial charge < -0.3 is 14.6 Å². The number of carbonyl (C=O) groups excluding carboxylic acids is 1. The SMILES string of the molecule is O=C(Nc1ccc(-n2ccnc2)c(Cl)c1)c1cccc(OC(F)F)c1. The molecule has 0 saturated carbocycles. The standard InChI is InChI=1S/C17H12ClF2N3O2/c18-14-9-12(4-5-15(14)23-7-6-21-10-23)22-16(24)11-2-1-3-13(8-11)25-17(19)20/h1-10,17H,(H,22,24). The number of aromatic nitrogens is 2. The summed E-state index contributed by atoms with van der Waals surface area (Å²) in [5.74, 6) is -0.553. The van der Waals surface area contributed by atoms with Crippen molar-refractivity contribution in [2.45, 2.75) is 6.61 Å². The van der Waals surface area contributed by atoms with E-state index in [0.29, 0.717) is 16.4 Å². The first-order valence-corrected chi connectivity index (χ1v) is 7.55. The summed E-state index contributed by atoms with van der Waals surface area (Å²) >= 11 is 6.23. The van der Waals surface area contributed by atoms with Crippen LogP contribution in [0.1, 0.15) is 10.4 Å². The highest BCUT2D eigenvalue weighted by molar-refractivity contribution is 6.32. The van der Waals surface area contributed by atoms with E-state index < -0.39 is 12.5 Å². The first-order valence-electron chi connectivity index (χ1n) is 7.17. The Hall–Kier alpha value is -2.93. The van der Waals surface area contributed by atoms with E-state index in [1.54, 1.807) is 41.5 Å². The largest absolute Gasteiger partial charge is 0.435 e. The van der Waals surface area contributed by atoms with E-state index in [9.17, 15) is 13.6 Å². The zero-order valence-electron chi connectivity index (χ0n) is 12.7. The summed E-state index contributed by atoms with van der Waals surface area (Å²) in [5.41, 5.74) is 1.37. The molecule has 0 radical (unpaired) electrons. The first kappa shape index (κ1) is 16.9. The molecule has 0 aliphatic rings. The molecule has 128 valence electrons. The molecule has 3 aromatic rings. The lowest BCUT2D eigenvalue weighted by atomic mass is 10.2. The fourth-order valence-corrected chi connectivity index (χ4v) is 2.49. The van der Waals surface area contributed by atoms with Gasteiger partial charge in [0.05, 0.1) is 17.0 Å². The Bertz CT molecular complexity index is 885. The van der Waals surface area contributed by atoms with Crippen LogP contribution in [0.5, 0.6) is 5.75 Å². The topological polar surface area (TPSA) is 56.2 Å². The van der Waals surface area contributed by atoms with Crippen molar-refractivity contribution in [3.05, 3.63) is 71.8 Å². The van der Waals surface area contributed by atoms with Crippen LogP contribution in [0.15, 0.2) is 61.2 Å². The van der Waals surface area contributed by atoms with Crippen LogP contribution in [-0.4, -0.2) is 22.1 Å². The monoisotopic (exact) mass is 363 g/mol. The van der Waals surface area contributed by atoms with Gasteiger partial charge in [0.15, 0.2) is 0 Å². The Kier molecular flexibility index (Phi) is 4.95. The third-order valence-corrected chi connectivity index (χ3v) is 3.61. The minimum absolute atomic E-state index is 0.0869. The van der Waals surface area contributed by atoms with E-state index in [4.69, 9.17) is 11.6 Å². The van der Waals surface area contributed by atoms with Crippen LogP contribution in [0.3, 0.4) is 0 Å². The summed E-state index contributed by atoms with van der Waals surface area (Å²) in [6.07, 6.45) is 4.97. The Labute approximate surface area is 146 Å². The van der Waals surface area contributed by atoms with Gasteiger partial charge in [-0.1, -0.05) is 17.7 Å². The lowest BCUT2D eigenvalue weighted by molar-refractivity contribution is -0.0498. The van der Waals surface area contributed by atoms with E-state index in [2.05, 4.69) is 15.0 Å². The molecule has 25 heavy (non-hydrogen) atoms. The van der Waals surface area contributed by atoms with Crippen LogP contribution < -0.4 is 10.1 Å². The van der Waals surface area contributed by atoms with Crippen LogP contribution in [0.25, 0.3) is 5.69 Å². The van der Waals surface area contributed by atoms with Crippen molar-refractivity contribution >= 4 is 23.2 Å². The number of rotatable bonds is 5. The Balaban J connectivity index is 1.76. The molecule has 2 aromatic carbocycles. The van der Waals surface area contributed by atoms with Gasteiger partial charge in [0.1, 0.15) is 5.75 Å². The van der Waals surface area contributed by atoms with Crippen molar-refractivity contribution in [2.24, 2.45) is 0 Å². The average Bonchev–Trinajstić information content (AvgIpc) is 3.09. The van der Waals surface area contributed by atoms with Gasteiger partial charge in [-0.15, -0.1) is 0 Å². The number of anilines is 1. The summed E-state index contributed by atoms with van der Waals surface area (Å²) in [6.45, 7) is -2.95. The first-order chi connectivity index (χ1) is 12.0. The van der Waals surface area contributed by atoms with E-state index in [1.807, 2.05) is 0 Å². The zero-order chi connectivity index (χ0) is 17.8. The van der Waals surface area contributed by atoms with E-state index in [-0.39, 0.29) is 11.3 Å². The molecule has 0 unspecified atom stereocenters. The van der Waals surface area contributed by atoms with Gasteiger partial charge in [-0.25, -0.2) is 4.98 Å². The molecule has 0 bridgehead atoms. The smallest absolute Gasteiger partial charge is 0.387 e. The summed E-state index contributed by atoms with van der Waals surface area (Å²) in [7, 11) is 0. The number of halogens is 3. The number of benzene rings is 2. The Morgan fingerprint density at radius 3 is 2.76 bits per heavy atom. The maximum absolute atomic E-state index is 12.3. The van der Waals surface area contributed by atoms with Gasteiger partial charge in [-0.3, -0.25) is 4.79 Å². The molecule has 1 heterocycles. The fraction of sp³-hybridized carbons (Fsp3) is 0.0588. The highest BCUT2D eigenvalue weighted by Gasteiger charge is 2.11. The van der Waals surface area contributed by atoms with Crippen LogP contribution >= 0.6 is 11.6 Å². The van der Waals surface area contributed by atoms with Gasteiger partial charge in [0.2, 0.25) is 0 Å². The lowest BCUT2D eigenvalue weighted by Gasteiger charge is -2.10. The molecule has 0 aliphatic heterocycles. The highest BCUT2D eigenvalue weighted by atomic mass is 35.5. The van der Waals surface area contributed by atoms with Crippen LogP contribution in [0.4, 0.5) is 14.5 Å². The number of carbonyl (C=O) groups is 1. The molecule has 0 fully saturated rings. The third-order valence-electron chi connectivity index (χ3n) is 3.31. The number of alkyl halides is 2. The van der Waals surface area contributed by atoms with Crippen LogP contribution in [-0.2, 0) is 0 Å². The van der Waals surface area contributed by atoms with Gasteiger partial charge in [-0.05, 0) is 36.4 Å². The average molecular weight is 364 g/mol. The molecule has 0 saturated heterocycles. The number of nitrogens with one attached hydrogen (secondary N) is 1. The molecule has 0 aliphatic carbocycles. The maximum Gasteiger partial charge on any atom is 0.387 e. The second-order valence-electron chi connectivity index (χ2n) is 5.00. The molecule has 1 amide bonds. The normalized spacial score (nSPS) is 10.7. The molecule has 1 aromatic heterocycles. The second-order valence-corrected chi connectivity index (χ2v) is 5.40. The van der Waals surface area contributed by atoms with Crippen LogP contribution in [0, 0.1) is 0 Å². The summed E-state index contributed by atoms with van der Waals surface area (Å²) in [6, 6.07) is 10.5. The van der Waals surface area contributed by atoms with Crippen molar-refractivity contribution in [1.29, 1.82) is 0 Å². The molecule has 0 atom stereocenters. The number of ether oxygens (including phenoxy) is 1. The molecule has 1 N–H and O–H groups in total. The molecule has 0 spiro atoms. The fourth-order valence-electron chi connectivity index (χ4n) is 2.21. The van der Waals surface area contributed by atoms with Crippen LogP contribution in [0.2, 0.25) is 5.02 Å². The molecule has 3 rings (SSSR count). The van der Waals surface area contributed by atoms with Crippen molar-refractivity contribution in [1.82, 2.24) is 9.55 Å². The quantitative estimate of drug-likeness (QED) is 0.732. The zero-order valence-corrected chi connectivity index (χ0v) is 13.5. The molecule has 8 heteroatoms. The van der Waals surface area contributed by atoms with Gasteiger partial charge >= 0.3 is 6.61 Å². The van der Waals surface area contributed by atoms with E-state index >= 15 is 0 Å². The number of imidazole rings is 1. The number of hydrogen-bond donors (Lipinski definition) is 1. The highest BCUT2D eigenvalue weighted by Crippen LogP contribution is 2.25. The van der Waals surface area contributed by atoms with Gasteiger partial charge in [0.25, 0.3) is 5.91 Å². The molecular weight excluding hydrogens is 352 g/mol. The van der Waals surface area contributed by atoms with E-state index in [1.165, 1.54) is 24.3 Å². The maximum atomic E-state index is 12.3. The van der Waals surface area contributed by atoms with Crippen molar-refractivity contribution in [2.75, 3.05) is 5.32 Å². The van der Waals surface area contributed by atoms with Gasteiger partial charge in [-0.2, -0.15) is 8.78 Å². The Morgan fingerprint density at radius 2 is 2.08 bits per heavy atom. The summed E-state index contributed by atoms with van der Waals surface area (Å²) in [4.78, 5) is 16.2. The number of amides is 1. The second kappa shape index (κ2) is 7.31. The molecular formula is C17H12ClF2N3O2. The molecule has 5 nitrogen and oxygen atoms in total. The van der Waals surface area contributed by atoms with Crippen molar-refractivity contribution in [3.8, 4) is 11.4 Å². The number of hydrogen-bond acceptors (Lipinski definition) is 3. The minimum Gasteiger partial charge on any atom is -0.435 e. The summed E-state index contributed by atoms with van der Waals surface area (Å²) in [5, 5.41) is 3.08.